The summed E-state index contributed by atoms with van der Waals surface area (Å²) in [7, 11) is -1.94. The molecule has 0 unspecified atom stereocenters. The molecule has 0 N–H and O–H groups in total. The van der Waals surface area contributed by atoms with Gasteiger partial charge in [0.2, 0.25) is 15.9 Å². The van der Waals surface area contributed by atoms with E-state index in [4.69, 9.17) is 11.6 Å². The molecule has 1 aliphatic rings. The van der Waals surface area contributed by atoms with E-state index in [2.05, 4.69) is 0 Å². The zero-order chi connectivity index (χ0) is 19.5. The van der Waals surface area contributed by atoms with E-state index in [1.807, 2.05) is 0 Å². The first-order valence-corrected chi connectivity index (χ1v) is 10.6. The average molecular weight is 401 g/mol. The van der Waals surface area contributed by atoms with Gasteiger partial charge in [0.05, 0.1) is 5.75 Å². The van der Waals surface area contributed by atoms with Gasteiger partial charge in [0, 0.05) is 50.0 Å². The van der Waals surface area contributed by atoms with Gasteiger partial charge in [-0.25, -0.2) is 8.42 Å². The summed E-state index contributed by atoms with van der Waals surface area (Å²) in [6, 6.07) is 6.91. The van der Waals surface area contributed by atoms with E-state index in [9.17, 15) is 18.0 Å². The lowest BCUT2D eigenvalue weighted by Gasteiger charge is -2.40. The molecule has 144 valence electrons. The third-order valence-electron chi connectivity index (χ3n) is 4.56. The number of hydrogen-bond acceptors (Lipinski definition) is 4. The quantitative estimate of drug-likeness (QED) is 0.688. The van der Waals surface area contributed by atoms with Crippen molar-refractivity contribution in [2.45, 2.75) is 44.4 Å². The van der Waals surface area contributed by atoms with Gasteiger partial charge in [-0.15, -0.1) is 11.6 Å². The summed E-state index contributed by atoms with van der Waals surface area (Å²) >= 11 is 5.61. The molecule has 1 aromatic carbocycles. The summed E-state index contributed by atoms with van der Waals surface area (Å²) in [5.41, 5.74) is 0.500. The van der Waals surface area contributed by atoms with Crippen LogP contribution in [0, 0.1) is 0 Å². The molecule has 0 aromatic heterocycles. The second-order valence-electron chi connectivity index (χ2n) is 7.17. The molecule has 1 aliphatic heterocycles. The van der Waals surface area contributed by atoms with Crippen molar-refractivity contribution >= 4 is 39.0 Å². The minimum absolute atomic E-state index is 0.0860. The predicted octanol–water partition coefficient (Wildman–Crippen LogP) is 2.55. The summed E-state index contributed by atoms with van der Waals surface area (Å²) in [5.74, 6) is 0.0225. The number of ketones is 1. The second-order valence-corrected chi connectivity index (χ2v) is 9.44. The molecule has 6 nitrogen and oxygen atoms in total. The number of amides is 1. The molecule has 0 saturated carbocycles. The molecule has 1 saturated heterocycles. The number of sulfonamides is 1. The van der Waals surface area contributed by atoms with E-state index in [0.29, 0.717) is 11.3 Å². The number of piperidine rings is 1. The van der Waals surface area contributed by atoms with Crippen LogP contribution in [-0.2, 0) is 25.4 Å². The van der Waals surface area contributed by atoms with Gasteiger partial charge < -0.3 is 4.90 Å². The van der Waals surface area contributed by atoms with Crippen molar-refractivity contribution in [3.63, 3.8) is 0 Å². The van der Waals surface area contributed by atoms with Gasteiger partial charge >= 0.3 is 0 Å². The minimum atomic E-state index is -3.58. The van der Waals surface area contributed by atoms with Crippen LogP contribution < -0.4 is 4.90 Å². The summed E-state index contributed by atoms with van der Waals surface area (Å²) in [5, 5.41) is 0. The van der Waals surface area contributed by atoms with Crippen molar-refractivity contribution in [2.24, 2.45) is 0 Å². The van der Waals surface area contributed by atoms with Crippen LogP contribution in [0.15, 0.2) is 24.3 Å². The highest BCUT2D eigenvalue weighted by Gasteiger charge is 2.40. The van der Waals surface area contributed by atoms with Crippen LogP contribution in [-0.4, -0.2) is 49.4 Å². The third kappa shape index (κ3) is 4.84. The fourth-order valence-corrected chi connectivity index (χ4v) is 5.34. The highest BCUT2D eigenvalue weighted by Crippen LogP contribution is 2.30. The first kappa shape index (κ1) is 20.9. The Hall–Kier alpha value is -1.44. The number of rotatable bonds is 6. The maximum Gasteiger partial charge on any atom is 0.227 e. The molecule has 0 atom stereocenters. The Labute approximate surface area is 160 Å². The van der Waals surface area contributed by atoms with Crippen LogP contribution in [0.25, 0.3) is 0 Å². The predicted molar refractivity (Wildman–Crippen MR) is 103 cm³/mol. The normalized spacial score (nSPS) is 17.9. The Kier molecular flexibility index (Phi) is 6.47. The molecule has 0 spiro atoms. The number of hydrogen-bond donors (Lipinski definition) is 0. The van der Waals surface area contributed by atoms with E-state index in [1.54, 1.807) is 45.2 Å². The zero-order valence-electron chi connectivity index (χ0n) is 15.4. The molecule has 26 heavy (non-hydrogen) atoms. The van der Waals surface area contributed by atoms with Gasteiger partial charge in [0.1, 0.15) is 5.78 Å². The fraction of sp³-hybridized carbons (Fsp3) is 0.556. The Morgan fingerprint density at radius 1 is 1.35 bits per heavy atom. The Morgan fingerprint density at radius 3 is 2.65 bits per heavy atom. The average Bonchev–Trinajstić information content (AvgIpc) is 2.52. The topological polar surface area (TPSA) is 74.8 Å². The molecule has 2 rings (SSSR count). The molecular weight excluding hydrogens is 376 g/mol. The van der Waals surface area contributed by atoms with E-state index >= 15 is 0 Å². The summed E-state index contributed by atoms with van der Waals surface area (Å²) < 4.78 is 27.2. The molecule has 8 heteroatoms. The minimum Gasteiger partial charge on any atom is -0.315 e. The molecule has 1 amide bonds. The number of carbonyl (C=O) groups excluding carboxylic acids is 2. The van der Waals surface area contributed by atoms with Crippen LogP contribution in [0.5, 0.6) is 0 Å². The van der Waals surface area contributed by atoms with E-state index in [1.165, 1.54) is 9.21 Å². The van der Waals surface area contributed by atoms with Crippen molar-refractivity contribution in [2.75, 3.05) is 24.4 Å². The second kappa shape index (κ2) is 8.06. The maximum atomic E-state index is 12.9. The number of anilines is 1. The van der Waals surface area contributed by atoms with E-state index in [0.717, 1.165) is 0 Å². The monoisotopic (exact) mass is 400 g/mol. The SMILES string of the molecule is CN(C(=O)CCCl)c1cccc(CS(=O)(=O)N2CCC(=O)CC2(C)C)c1. The molecule has 1 aromatic rings. The van der Waals surface area contributed by atoms with Crippen LogP contribution in [0.4, 0.5) is 5.69 Å². The standard InChI is InChI=1S/C18H25ClN2O4S/c1-18(2)12-16(22)8-10-21(18)26(24,25)13-14-5-4-6-15(11-14)20(3)17(23)7-9-19/h4-6,11H,7-10,12-13H2,1-3H3. The van der Waals surface area contributed by atoms with E-state index in [-0.39, 0.29) is 49.1 Å². The smallest absolute Gasteiger partial charge is 0.227 e. The van der Waals surface area contributed by atoms with Gasteiger partial charge in [-0.05, 0) is 31.5 Å². The molecule has 0 aliphatic carbocycles. The Balaban J connectivity index is 2.21. The number of carbonyl (C=O) groups is 2. The number of benzene rings is 1. The number of halogens is 1. The summed E-state index contributed by atoms with van der Waals surface area (Å²) in [4.78, 5) is 25.1. The first-order valence-electron chi connectivity index (χ1n) is 8.50. The van der Waals surface area contributed by atoms with Crippen molar-refractivity contribution in [1.82, 2.24) is 4.31 Å². The third-order valence-corrected chi connectivity index (χ3v) is 6.80. The van der Waals surface area contributed by atoms with Crippen molar-refractivity contribution in [1.29, 1.82) is 0 Å². The summed E-state index contributed by atoms with van der Waals surface area (Å²) in [6.07, 6.45) is 0.691. The number of Topliss-reactive ketones (excluding diaryl/α,β-unsaturated/α-hetero) is 1. The lowest BCUT2D eigenvalue weighted by atomic mass is 9.92. The maximum absolute atomic E-state index is 12.9. The number of alkyl halides is 1. The molecule has 0 radical (unpaired) electrons. The Morgan fingerprint density at radius 2 is 2.04 bits per heavy atom. The van der Waals surface area contributed by atoms with Crippen molar-refractivity contribution in [3.8, 4) is 0 Å². The number of nitrogens with zero attached hydrogens (tertiary/aromatic N) is 2. The molecule has 1 fully saturated rings. The lowest BCUT2D eigenvalue weighted by molar-refractivity contribution is -0.123. The van der Waals surface area contributed by atoms with Gasteiger partial charge in [0.25, 0.3) is 0 Å². The van der Waals surface area contributed by atoms with Gasteiger partial charge in [-0.1, -0.05) is 12.1 Å². The summed E-state index contributed by atoms with van der Waals surface area (Å²) in [6.45, 7) is 3.76. The van der Waals surface area contributed by atoms with Crippen LogP contribution in [0.3, 0.4) is 0 Å². The fourth-order valence-electron chi connectivity index (χ4n) is 3.24. The Bertz CT molecular complexity index is 792. The van der Waals surface area contributed by atoms with Crippen LogP contribution >= 0.6 is 11.6 Å². The van der Waals surface area contributed by atoms with Gasteiger partial charge in [-0.3, -0.25) is 9.59 Å². The van der Waals surface area contributed by atoms with Gasteiger partial charge in [0.15, 0.2) is 0 Å². The van der Waals surface area contributed by atoms with Crippen molar-refractivity contribution < 1.29 is 18.0 Å². The zero-order valence-corrected chi connectivity index (χ0v) is 16.9. The molecular formula is C18H25ClN2O4S. The van der Waals surface area contributed by atoms with E-state index < -0.39 is 15.6 Å². The van der Waals surface area contributed by atoms with Gasteiger partial charge in [-0.2, -0.15) is 4.31 Å². The largest absolute Gasteiger partial charge is 0.315 e. The molecule has 0 bridgehead atoms. The van der Waals surface area contributed by atoms with Crippen molar-refractivity contribution in [3.05, 3.63) is 29.8 Å². The highest BCUT2D eigenvalue weighted by molar-refractivity contribution is 7.88. The first-order chi connectivity index (χ1) is 12.1. The lowest BCUT2D eigenvalue weighted by Crippen LogP contribution is -2.53. The van der Waals surface area contributed by atoms with Crippen LogP contribution in [0.1, 0.15) is 38.7 Å². The van der Waals surface area contributed by atoms with Crippen LogP contribution in [0.2, 0.25) is 0 Å². The molecule has 1 heterocycles. The highest BCUT2D eigenvalue weighted by atomic mass is 35.5.